The molecule has 0 saturated heterocycles. The summed E-state index contributed by atoms with van der Waals surface area (Å²) in [5, 5.41) is 13.6. The van der Waals surface area contributed by atoms with Gasteiger partial charge in [-0.15, -0.1) is 0 Å². The molecule has 0 heterocycles. The maximum absolute atomic E-state index is 12.4. The molecule has 0 aliphatic carbocycles. The van der Waals surface area contributed by atoms with E-state index >= 15 is 0 Å². The van der Waals surface area contributed by atoms with E-state index in [1.165, 1.54) is 25.3 Å². The molecular formula is C16H16N2O4. The van der Waals surface area contributed by atoms with Crippen LogP contribution in [0.25, 0.3) is 0 Å². The topological polar surface area (TPSA) is 81.5 Å². The quantitative estimate of drug-likeness (QED) is 0.677. The molecule has 0 fully saturated rings. The minimum Gasteiger partial charge on any atom is -0.496 e. The highest BCUT2D eigenvalue weighted by molar-refractivity contribution is 6.06. The van der Waals surface area contributed by atoms with Crippen LogP contribution in [0, 0.1) is 10.1 Å². The minimum atomic E-state index is -0.548. The van der Waals surface area contributed by atoms with Crippen LogP contribution in [0.4, 0.5) is 11.4 Å². The Morgan fingerprint density at radius 1 is 1.27 bits per heavy atom. The largest absolute Gasteiger partial charge is 0.496 e. The van der Waals surface area contributed by atoms with Gasteiger partial charge in [0.2, 0.25) is 0 Å². The summed E-state index contributed by atoms with van der Waals surface area (Å²) in [5.74, 6) is -0.163. The number of carbonyl (C=O) groups excluding carboxylic acids is 1. The van der Waals surface area contributed by atoms with Crippen molar-refractivity contribution in [3.63, 3.8) is 0 Å². The van der Waals surface area contributed by atoms with Crippen molar-refractivity contribution in [3.05, 3.63) is 63.7 Å². The van der Waals surface area contributed by atoms with Crippen molar-refractivity contribution in [2.45, 2.75) is 13.3 Å². The number of non-ortho nitro benzene ring substituents is 1. The smallest absolute Gasteiger partial charge is 0.270 e. The minimum absolute atomic E-state index is 0.124. The van der Waals surface area contributed by atoms with Crippen LogP contribution in [-0.2, 0) is 6.42 Å². The lowest BCUT2D eigenvalue weighted by Crippen LogP contribution is -2.13. The van der Waals surface area contributed by atoms with Crippen molar-refractivity contribution in [2.75, 3.05) is 12.4 Å². The summed E-state index contributed by atoms with van der Waals surface area (Å²) in [4.78, 5) is 22.7. The van der Waals surface area contributed by atoms with Gasteiger partial charge >= 0.3 is 0 Å². The van der Waals surface area contributed by atoms with Gasteiger partial charge in [0.15, 0.2) is 0 Å². The normalized spacial score (nSPS) is 10.1. The average molecular weight is 300 g/mol. The molecule has 6 nitrogen and oxygen atoms in total. The number of hydrogen-bond acceptors (Lipinski definition) is 4. The van der Waals surface area contributed by atoms with Crippen molar-refractivity contribution >= 4 is 17.3 Å². The highest BCUT2D eigenvalue weighted by Gasteiger charge is 2.17. The summed E-state index contributed by atoms with van der Waals surface area (Å²) in [6.45, 7) is 2.02. The molecule has 22 heavy (non-hydrogen) atoms. The zero-order valence-corrected chi connectivity index (χ0v) is 12.3. The van der Waals surface area contributed by atoms with Gasteiger partial charge in [-0.1, -0.05) is 19.1 Å². The van der Waals surface area contributed by atoms with Crippen LogP contribution in [0.5, 0.6) is 5.75 Å². The van der Waals surface area contributed by atoms with Crippen molar-refractivity contribution in [1.82, 2.24) is 0 Å². The Hall–Kier alpha value is -2.89. The molecule has 0 saturated carbocycles. The maximum Gasteiger partial charge on any atom is 0.270 e. The molecule has 0 unspecified atom stereocenters. The fraction of sp³-hybridized carbons (Fsp3) is 0.188. The molecule has 0 atom stereocenters. The average Bonchev–Trinajstić information content (AvgIpc) is 2.54. The fourth-order valence-corrected chi connectivity index (χ4v) is 2.05. The predicted octanol–water partition coefficient (Wildman–Crippen LogP) is 3.42. The summed E-state index contributed by atoms with van der Waals surface area (Å²) >= 11 is 0. The first kappa shape index (κ1) is 15.5. The Morgan fingerprint density at radius 2 is 2.05 bits per heavy atom. The Bertz CT molecular complexity index is 713. The molecule has 0 spiro atoms. The van der Waals surface area contributed by atoms with E-state index in [2.05, 4.69) is 5.32 Å². The van der Waals surface area contributed by atoms with Gasteiger partial charge in [-0.3, -0.25) is 14.9 Å². The molecule has 2 rings (SSSR count). The van der Waals surface area contributed by atoms with Crippen LogP contribution in [-0.4, -0.2) is 17.9 Å². The Labute approximate surface area is 127 Å². The van der Waals surface area contributed by atoms with E-state index in [9.17, 15) is 14.9 Å². The molecule has 0 radical (unpaired) electrons. The van der Waals surface area contributed by atoms with Gasteiger partial charge in [0, 0.05) is 17.8 Å². The lowest BCUT2D eigenvalue weighted by Gasteiger charge is -2.10. The molecule has 0 aromatic heterocycles. The van der Waals surface area contributed by atoms with Gasteiger partial charge in [-0.2, -0.15) is 0 Å². The third kappa shape index (κ3) is 3.41. The summed E-state index contributed by atoms with van der Waals surface area (Å²) in [7, 11) is 1.41. The second-order valence-corrected chi connectivity index (χ2v) is 4.65. The second kappa shape index (κ2) is 6.71. The molecule has 0 bridgehead atoms. The van der Waals surface area contributed by atoms with E-state index in [-0.39, 0.29) is 17.0 Å². The number of anilines is 1. The summed E-state index contributed by atoms with van der Waals surface area (Å²) in [6, 6.07) is 11.4. The Morgan fingerprint density at radius 3 is 2.68 bits per heavy atom. The van der Waals surface area contributed by atoms with Crippen molar-refractivity contribution in [3.8, 4) is 5.75 Å². The first-order valence-electron chi connectivity index (χ1n) is 6.78. The SMILES string of the molecule is CCc1cccc(NC(=O)c2cc([N+](=O)[O-])ccc2OC)c1. The summed E-state index contributed by atoms with van der Waals surface area (Å²) in [5.41, 5.74) is 1.69. The Kier molecular flexibility index (Phi) is 4.73. The predicted molar refractivity (Wildman–Crippen MR) is 83.4 cm³/mol. The van der Waals surface area contributed by atoms with Crippen LogP contribution in [0.2, 0.25) is 0 Å². The third-order valence-electron chi connectivity index (χ3n) is 3.23. The lowest BCUT2D eigenvalue weighted by atomic mass is 10.1. The molecule has 1 N–H and O–H groups in total. The molecule has 114 valence electrons. The van der Waals surface area contributed by atoms with Gasteiger partial charge in [-0.05, 0) is 30.2 Å². The monoisotopic (exact) mass is 300 g/mol. The lowest BCUT2D eigenvalue weighted by molar-refractivity contribution is -0.384. The highest BCUT2D eigenvalue weighted by Crippen LogP contribution is 2.25. The molecule has 1 amide bonds. The molecule has 2 aromatic carbocycles. The number of rotatable bonds is 5. The number of aryl methyl sites for hydroxylation is 1. The fourth-order valence-electron chi connectivity index (χ4n) is 2.05. The Balaban J connectivity index is 2.31. The zero-order valence-electron chi connectivity index (χ0n) is 12.3. The van der Waals surface area contributed by atoms with Gasteiger partial charge < -0.3 is 10.1 Å². The van der Waals surface area contributed by atoms with E-state index in [1.807, 2.05) is 25.1 Å². The highest BCUT2D eigenvalue weighted by atomic mass is 16.6. The van der Waals surface area contributed by atoms with Gasteiger partial charge in [0.1, 0.15) is 5.75 Å². The number of benzene rings is 2. The molecule has 6 heteroatoms. The van der Waals surface area contributed by atoms with E-state index in [0.717, 1.165) is 12.0 Å². The third-order valence-corrected chi connectivity index (χ3v) is 3.23. The van der Waals surface area contributed by atoms with E-state index in [0.29, 0.717) is 5.69 Å². The summed E-state index contributed by atoms with van der Waals surface area (Å²) < 4.78 is 5.10. The van der Waals surface area contributed by atoms with Crippen LogP contribution in [0.1, 0.15) is 22.8 Å². The number of nitro benzene ring substituents is 1. The van der Waals surface area contributed by atoms with Crippen LogP contribution >= 0.6 is 0 Å². The number of amides is 1. The van der Waals surface area contributed by atoms with E-state index < -0.39 is 10.8 Å². The number of ether oxygens (including phenoxy) is 1. The standard InChI is InChI=1S/C16H16N2O4/c1-3-11-5-4-6-12(9-11)17-16(19)14-10-13(18(20)21)7-8-15(14)22-2/h4-10H,3H2,1-2H3,(H,17,19). The van der Waals surface area contributed by atoms with Gasteiger partial charge in [0.05, 0.1) is 17.6 Å². The van der Waals surface area contributed by atoms with E-state index in [4.69, 9.17) is 4.74 Å². The molecular weight excluding hydrogens is 284 g/mol. The van der Waals surface area contributed by atoms with Crippen LogP contribution < -0.4 is 10.1 Å². The van der Waals surface area contributed by atoms with E-state index in [1.54, 1.807) is 6.07 Å². The number of carbonyl (C=O) groups is 1. The zero-order chi connectivity index (χ0) is 16.1. The van der Waals surface area contributed by atoms with Gasteiger partial charge in [0.25, 0.3) is 11.6 Å². The summed E-state index contributed by atoms with van der Waals surface area (Å²) in [6.07, 6.45) is 0.851. The molecule has 0 aliphatic heterocycles. The van der Waals surface area contributed by atoms with Crippen LogP contribution in [0.3, 0.4) is 0 Å². The number of nitrogens with zero attached hydrogens (tertiary/aromatic N) is 1. The van der Waals surface area contributed by atoms with Crippen molar-refractivity contribution in [1.29, 1.82) is 0 Å². The first-order valence-corrected chi connectivity index (χ1v) is 6.78. The first-order chi connectivity index (χ1) is 10.5. The van der Waals surface area contributed by atoms with Crippen molar-refractivity contribution in [2.24, 2.45) is 0 Å². The number of hydrogen-bond donors (Lipinski definition) is 1. The van der Waals surface area contributed by atoms with Crippen LogP contribution in [0.15, 0.2) is 42.5 Å². The number of methoxy groups -OCH3 is 1. The number of nitro groups is 1. The van der Waals surface area contributed by atoms with Crippen molar-refractivity contribution < 1.29 is 14.5 Å². The maximum atomic E-state index is 12.4. The second-order valence-electron chi connectivity index (χ2n) is 4.65. The number of nitrogens with one attached hydrogen (secondary N) is 1. The van der Waals surface area contributed by atoms with Gasteiger partial charge in [-0.25, -0.2) is 0 Å². The molecule has 2 aromatic rings. The molecule has 0 aliphatic rings.